The van der Waals surface area contributed by atoms with E-state index in [0.29, 0.717) is 128 Å². The number of carbonyl (C=O) groups is 8. The minimum Gasteiger partial charge on any atom is -0.508 e. The maximum absolute atomic E-state index is 13.1. The van der Waals surface area contributed by atoms with Gasteiger partial charge >= 0.3 is 17.9 Å². The number of benzene rings is 8. The molecule has 0 spiro atoms. The Morgan fingerprint density at radius 1 is 0.429 bits per heavy atom. The molecule has 28 heteroatoms. The summed E-state index contributed by atoms with van der Waals surface area (Å²) in [5.41, 5.74) is 6.52. The first kappa shape index (κ1) is 79.5. The number of carboxylic acids is 1. The van der Waals surface area contributed by atoms with Gasteiger partial charge in [0.1, 0.15) is 79.3 Å². The molecule has 105 heavy (non-hydrogen) atoms. The summed E-state index contributed by atoms with van der Waals surface area (Å²) in [6, 6.07) is 44.9. The Hall–Kier alpha value is -12.8. The molecule has 10 N–H and O–H groups in total. The van der Waals surface area contributed by atoms with Crippen molar-refractivity contribution in [3.8, 4) is 34.5 Å². The molecule has 8 aromatic carbocycles. The highest BCUT2D eigenvalue weighted by atomic mass is 35.5. The average molecular weight is 1460 g/mol. The zero-order valence-corrected chi connectivity index (χ0v) is 56.1. The quantitative estimate of drug-likeness (QED) is 0.0177. The van der Waals surface area contributed by atoms with Crippen LogP contribution in [0.5, 0.6) is 34.5 Å². The van der Waals surface area contributed by atoms with Crippen LogP contribution in [0, 0.1) is 33.7 Å². The molecule has 10 aromatic rings. The number of anilines is 6. The molecule has 0 radical (unpaired) electrons. The summed E-state index contributed by atoms with van der Waals surface area (Å²) in [6.45, 7) is 0. The summed E-state index contributed by atoms with van der Waals surface area (Å²) in [5.74, 6) is -3.48. The van der Waals surface area contributed by atoms with Crippen LogP contribution >= 0.6 is 11.6 Å². The highest BCUT2D eigenvalue weighted by molar-refractivity contribution is 6.35. The monoisotopic (exact) mass is 1460 g/mol. The molecule has 0 unspecified atom stereocenters. The lowest BCUT2D eigenvalue weighted by Gasteiger charge is -2.16. The normalized spacial score (nSPS) is 13.1. The third-order valence-electron chi connectivity index (χ3n) is 16.3. The molecule has 13 rings (SSSR count). The number of halogens is 4. The van der Waals surface area contributed by atoms with E-state index in [0.717, 1.165) is 0 Å². The van der Waals surface area contributed by atoms with Crippen LogP contribution in [0.2, 0.25) is 5.02 Å². The van der Waals surface area contributed by atoms with E-state index in [4.69, 9.17) is 46.5 Å². The number of phenolic OH excluding ortho intramolecular Hbond substituents is 2. The molecule has 0 saturated heterocycles. The molecule has 546 valence electrons. The van der Waals surface area contributed by atoms with E-state index in [1.165, 1.54) is 113 Å². The number of nitrogens with zero attached hydrogens (tertiary/aromatic N) is 2. The number of pyridine rings is 2. The van der Waals surface area contributed by atoms with Gasteiger partial charge in [0.2, 0.25) is 29.5 Å². The van der Waals surface area contributed by atoms with Crippen molar-refractivity contribution in [2.45, 2.75) is 53.4 Å². The molecule has 2 heterocycles. The molecule has 3 saturated carbocycles. The predicted molar refractivity (Wildman–Crippen MR) is 390 cm³/mol. The standard InChI is InChI=1S/C29H24FN3O6.C17H15FN2O3.C12H10ClNO3.C11H10FNO3.C6H7NO.2CH4/c1-37-25-16-23-21(15-22(25)26(34)38-2)24(11-14-31-23)39-20-9-7-19(8-10-20)33-28(36)29(12-13-29)27(35)32-18-5-3-17(30)4-6-18;18-11-1-3-12(4-2-11)19-15(22)17(9-10-17)16(23)20-13-5-7-14(21)8-6-13;1-16-11-6-10-7(9(13)3-4-14-10)5-8(11)12(15)17-2;12-7-1-3-8(4-2-7)13-9(14)11(5-6-11)10(15)16;7-5-1-3-6(8)4-2-5;;/h3-11,14-16H,12-13H2,1-2H3,(H,32,35)(H,33,36);1-8,21H,9-10H2,(H,19,22)(H,20,23);3-6H,1-2H3;1-4H,5-6H2,(H,13,14)(H,15,16);1-4,8H,7H2;2*1H4. The van der Waals surface area contributed by atoms with Crippen LogP contribution < -0.4 is 46.5 Å². The van der Waals surface area contributed by atoms with Crippen molar-refractivity contribution in [3.63, 3.8) is 0 Å². The fraction of sp³-hybridized carbons (Fsp3) is 0.195. The van der Waals surface area contributed by atoms with Crippen molar-refractivity contribution in [1.82, 2.24) is 9.97 Å². The molecular weight excluding hydrogens is 1390 g/mol. The van der Waals surface area contributed by atoms with Crippen LogP contribution in [-0.4, -0.2) is 101 Å². The van der Waals surface area contributed by atoms with Crippen molar-refractivity contribution in [3.05, 3.63) is 228 Å². The predicted octanol–water partition coefficient (Wildman–Crippen LogP) is 14.8. The van der Waals surface area contributed by atoms with Crippen LogP contribution in [0.15, 0.2) is 194 Å². The van der Waals surface area contributed by atoms with Gasteiger partial charge in [0, 0.05) is 69.4 Å². The van der Waals surface area contributed by atoms with E-state index in [-0.39, 0.29) is 37.8 Å². The van der Waals surface area contributed by atoms with Crippen LogP contribution in [0.25, 0.3) is 21.8 Å². The van der Waals surface area contributed by atoms with E-state index >= 15 is 0 Å². The number of nitrogens with two attached hydrogens (primary N) is 1. The molecule has 2 aromatic heterocycles. The van der Waals surface area contributed by atoms with Gasteiger partial charge in [-0.3, -0.25) is 38.7 Å². The Kier molecular flexibility index (Phi) is 26.7. The Balaban J connectivity index is 0.000000199. The number of aromatic nitrogens is 2. The fourth-order valence-electron chi connectivity index (χ4n) is 9.89. The number of hydrogen-bond donors (Lipinski definition) is 9. The Morgan fingerprint density at radius 3 is 1.08 bits per heavy atom. The number of ether oxygens (including phenoxy) is 5. The Labute approximate surface area is 605 Å². The molecule has 3 aliphatic rings. The van der Waals surface area contributed by atoms with Crippen LogP contribution in [-0.2, 0) is 38.2 Å². The van der Waals surface area contributed by atoms with Gasteiger partial charge in [0.25, 0.3) is 0 Å². The van der Waals surface area contributed by atoms with Gasteiger partial charge in [-0.25, -0.2) is 22.8 Å². The second-order valence-corrected chi connectivity index (χ2v) is 23.7. The number of fused-ring (bicyclic) bond motifs is 2. The summed E-state index contributed by atoms with van der Waals surface area (Å²) < 4.78 is 64.6. The van der Waals surface area contributed by atoms with E-state index < -0.39 is 75.2 Å². The smallest absolute Gasteiger partial charge is 0.341 e. The molecule has 24 nitrogen and oxygen atoms in total. The SMILES string of the molecule is C.C.COC(=O)c1cc2c(Cl)ccnc2cc1OC.COC(=O)c1cc2c(Oc3ccc(NC(=O)C4(C(=O)Nc5ccc(F)cc5)CC4)cc3)ccnc2cc1OC.Nc1ccc(O)cc1.O=C(Nc1ccc(O)cc1)C1(C(=O)Nc2ccc(F)cc2)CC1.O=C(O)C1(C(=O)Nc2ccc(F)cc2)CC1. The molecule has 0 bridgehead atoms. The lowest BCUT2D eigenvalue weighted by Crippen LogP contribution is -2.35. The van der Waals surface area contributed by atoms with Crippen molar-refractivity contribution in [1.29, 1.82) is 0 Å². The van der Waals surface area contributed by atoms with Crippen molar-refractivity contribution in [2.24, 2.45) is 16.2 Å². The topological polar surface area (TPSA) is 355 Å². The van der Waals surface area contributed by atoms with E-state index in [9.17, 15) is 56.6 Å². The highest BCUT2D eigenvalue weighted by Crippen LogP contribution is 2.49. The number of aromatic hydroxyl groups is 2. The summed E-state index contributed by atoms with van der Waals surface area (Å²) >= 11 is 6.04. The number of aliphatic carboxylic acids is 1. The lowest BCUT2D eigenvalue weighted by atomic mass is 10.0. The number of carboxylic acid groups (broad SMARTS) is 1. The largest absolute Gasteiger partial charge is 0.508 e. The van der Waals surface area contributed by atoms with Gasteiger partial charge in [0.05, 0.1) is 44.5 Å². The average Bonchev–Trinajstić information content (AvgIpc) is 1.40. The van der Waals surface area contributed by atoms with Crippen molar-refractivity contribution >= 4 is 115 Å². The number of methoxy groups -OCH3 is 4. The van der Waals surface area contributed by atoms with Crippen molar-refractivity contribution in [2.75, 3.05) is 60.8 Å². The van der Waals surface area contributed by atoms with Crippen LogP contribution in [0.1, 0.15) is 74.1 Å². The molecular formula is C77H74ClF3N8O16. The second kappa shape index (κ2) is 35.2. The van der Waals surface area contributed by atoms with Gasteiger partial charge < -0.3 is 71.3 Å². The number of phenols is 2. The number of carbonyl (C=O) groups excluding carboxylic acids is 7. The molecule has 5 amide bonds. The minimum atomic E-state index is -1.27. The van der Waals surface area contributed by atoms with Gasteiger partial charge in [-0.05, 0) is 208 Å². The summed E-state index contributed by atoms with van der Waals surface area (Å²) in [7, 11) is 5.54. The van der Waals surface area contributed by atoms with Gasteiger partial charge in [-0.2, -0.15) is 0 Å². The van der Waals surface area contributed by atoms with Crippen LogP contribution in [0.4, 0.5) is 47.3 Å². The van der Waals surface area contributed by atoms with Crippen molar-refractivity contribution < 1.29 is 90.5 Å². The number of esters is 2. The van der Waals surface area contributed by atoms with Gasteiger partial charge in [-0.1, -0.05) is 26.5 Å². The summed E-state index contributed by atoms with van der Waals surface area (Å²) in [5, 5.41) is 41.9. The summed E-state index contributed by atoms with van der Waals surface area (Å²) in [4.78, 5) is 105. The first-order valence-electron chi connectivity index (χ1n) is 31.3. The third-order valence-corrected chi connectivity index (χ3v) is 16.7. The van der Waals surface area contributed by atoms with Gasteiger partial charge in [-0.15, -0.1) is 0 Å². The number of rotatable bonds is 17. The number of nitrogens with one attached hydrogen (secondary N) is 5. The van der Waals surface area contributed by atoms with E-state index in [1.54, 1.807) is 109 Å². The summed E-state index contributed by atoms with van der Waals surface area (Å²) in [6.07, 6.45) is 5.65. The maximum Gasteiger partial charge on any atom is 0.341 e. The number of nitrogen functional groups attached to an aromatic ring is 1. The van der Waals surface area contributed by atoms with E-state index in [1.807, 2.05) is 0 Å². The fourth-order valence-corrected chi connectivity index (χ4v) is 10.1. The maximum atomic E-state index is 13.1. The molecule has 0 atom stereocenters. The third kappa shape index (κ3) is 20.1. The Morgan fingerprint density at radius 2 is 0.743 bits per heavy atom. The second-order valence-electron chi connectivity index (χ2n) is 23.3. The Bertz CT molecular complexity index is 4700. The zero-order valence-electron chi connectivity index (χ0n) is 55.4. The van der Waals surface area contributed by atoms with E-state index in [2.05, 4.69) is 41.3 Å². The molecule has 3 aliphatic carbocycles. The first-order chi connectivity index (χ1) is 49.3. The zero-order chi connectivity index (χ0) is 74.2. The van der Waals surface area contributed by atoms with Gasteiger partial charge in [0.15, 0.2) is 0 Å². The van der Waals surface area contributed by atoms with Crippen LogP contribution in [0.3, 0.4) is 0 Å². The molecule has 3 fully saturated rings. The highest BCUT2D eigenvalue weighted by Gasteiger charge is 2.58. The number of amides is 5. The number of hydrogen-bond acceptors (Lipinski definition) is 18. The molecule has 0 aliphatic heterocycles. The first-order valence-corrected chi connectivity index (χ1v) is 31.7. The lowest BCUT2D eigenvalue weighted by molar-refractivity contribution is -0.147. The minimum absolute atomic E-state index is 0.